The van der Waals surface area contributed by atoms with Crippen LogP contribution in [0.3, 0.4) is 0 Å². The fourth-order valence-corrected chi connectivity index (χ4v) is 15.7. The average molecular weight is 1640 g/mol. The van der Waals surface area contributed by atoms with Gasteiger partial charge in [-0.15, -0.1) is 0 Å². The molecule has 2 heterocycles. The number of unbranched alkanes of at least 4 members (excludes halogenated alkanes) is 44. The zero-order valence-electron chi connectivity index (χ0n) is 70.2. The Balaban J connectivity index is 1.94. The van der Waals surface area contributed by atoms with Crippen LogP contribution in [0.2, 0.25) is 0 Å². The van der Waals surface area contributed by atoms with Crippen molar-refractivity contribution in [2.45, 2.75) is 479 Å². The van der Waals surface area contributed by atoms with E-state index < -0.39 is 162 Å². The number of carbonyl (C=O) groups excluding carboxylic acids is 4. The highest BCUT2D eigenvalue weighted by Gasteiger charge is 2.60. The fraction of sp³-hybridized carbons (Fsp3) is 0.908. The zero-order chi connectivity index (χ0) is 82.5. The Kier molecular flexibility index (Phi) is 61.5. The van der Waals surface area contributed by atoms with Crippen LogP contribution in [0.5, 0.6) is 0 Å². The lowest BCUT2D eigenvalue weighted by atomic mass is 9.84. The minimum absolute atomic E-state index is 0.00599. The first kappa shape index (κ1) is 104. The summed E-state index contributed by atoms with van der Waals surface area (Å²) in [6, 6.07) is 0. The molecule has 0 aromatic carbocycles. The average Bonchev–Trinajstić information content (AvgIpc) is 0.754. The van der Waals surface area contributed by atoms with Gasteiger partial charge in [0.1, 0.15) is 92.6 Å². The second kappa shape index (κ2) is 66.7. The van der Waals surface area contributed by atoms with E-state index in [0.29, 0.717) is 38.5 Å². The van der Waals surface area contributed by atoms with Crippen molar-refractivity contribution < 1.29 is 122 Å². The molecule has 3 aliphatic rings. The molecule has 3 rings (SSSR count). The van der Waals surface area contributed by atoms with Crippen LogP contribution in [0.25, 0.3) is 0 Å². The highest BCUT2D eigenvalue weighted by atomic mass is 31.2. The van der Waals surface area contributed by atoms with Gasteiger partial charge in [0.05, 0.1) is 13.2 Å². The van der Waals surface area contributed by atoms with E-state index in [1.807, 2.05) is 0 Å². The third-order valence-electron chi connectivity index (χ3n) is 21.9. The van der Waals surface area contributed by atoms with Crippen LogP contribution >= 0.6 is 7.82 Å². The Morgan fingerprint density at radius 2 is 0.664 bits per heavy atom. The minimum atomic E-state index is -5.80. The van der Waals surface area contributed by atoms with Crippen LogP contribution in [0.15, 0.2) is 24.3 Å². The molecule has 26 heteroatoms. The number of esters is 4. The lowest BCUT2D eigenvalue weighted by Gasteiger charge is -2.50. The van der Waals surface area contributed by atoms with E-state index in [-0.39, 0.29) is 25.7 Å². The standard InChI is InChI=1S/C87H159O25P/c1-5-9-13-17-21-25-29-33-34-38-42-46-50-54-58-62-73(92)109-82-78(97)79(98)83(110-86-80(99)76(95)74(93)68(63-88)107-86)85(84(82)111-87-81(100)77(96)75(94)69(108-87)66-104-71(90)60-56-52-48-44-40-36-31-27-23-19-15-11-7-3)112-113(101,102)105-65-67(106-72(91)61-57-53-49-45-41-37-32-28-24-20-16-12-8-4)64-103-70(89)59-55-51-47-43-39-35-30-26-22-18-14-10-6-2/h35-36,39-40,67-69,74-88,93-100H,5-34,37-38,41-66H2,1-4H3,(H,101,102)/b39-35-,40-36-. The summed E-state index contributed by atoms with van der Waals surface area (Å²) >= 11 is 0. The van der Waals surface area contributed by atoms with Crippen molar-refractivity contribution in [2.24, 2.45) is 0 Å². The monoisotopic (exact) mass is 1640 g/mol. The summed E-state index contributed by atoms with van der Waals surface area (Å²) in [5.41, 5.74) is 0. The van der Waals surface area contributed by atoms with Gasteiger partial charge in [0, 0.05) is 25.7 Å². The summed E-state index contributed by atoms with van der Waals surface area (Å²) in [5, 5.41) is 102. The molecule has 18 atom stereocenters. The fourth-order valence-electron chi connectivity index (χ4n) is 14.7. The van der Waals surface area contributed by atoms with Gasteiger partial charge in [-0.1, -0.05) is 296 Å². The minimum Gasteiger partial charge on any atom is -0.463 e. The highest BCUT2D eigenvalue weighted by molar-refractivity contribution is 7.47. The maximum atomic E-state index is 14.9. The van der Waals surface area contributed by atoms with E-state index >= 15 is 0 Å². The van der Waals surface area contributed by atoms with E-state index in [0.717, 1.165) is 122 Å². The third kappa shape index (κ3) is 47.5. The number of hydrogen-bond acceptors (Lipinski definition) is 24. The summed E-state index contributed by atoms with van der Waals surface area (Å²) in [5.74, 6) is -3.00. The van der Waals surface area contributed by atoms with Gasteiger partial charge in [-0.05, 0) is 77.0 Å². The zero-order valence-corrected chi connectivity index (χ0v) is 71.1. The molecule has 0 spiro atoms. The molecular formula is C87H159O25P. The summed E-state index contributed by atoms with van der Waals surface area (Å²) in [7, 11) is -5.80. The quantitative estimate of drug-likeness (QED) is 0.00889. The summed E-state index contributed by atoms with van der Waals surface area (Å²) in [6.45, 7) is 5.53. The van der Waals surface area contributed by atoms with Gasteiger partial charge in [-0.25, -0.2) is 4.57 Å². The number of phosphoric ester groups is 1. The van der Waals surface area contributed by atoms with Crippen molar-refractivity contribution in [2.75, 3.05) is 26.4 Å². The van der Waals surface area contributed by atoms with Gasteiger partial charge < -0.3 is 88.7 Å². The molecule has 0 bridgehead atoms. The van der Waals surface area contributed by atoms with E-state index in [1.54, 1.807) is 0 Å². The first-order valence-electron chi connectivity index (χ1n) is 45.1. The number of carbonyl (C=O) groups is 4. The van der Waals surface area contributed by atoms with Crippen LogP contribution in [-0.2, 0) is 70.7 Å². The first-order chi connectivity index (χ1) is 54.7. The lowest BCUT2D eigenvalue weighted by Crippen LogP contribution is -2.70. The molecule has 662 valence electrons. The van der Waals surface area contributed by atoms with Crippen molar-refractivity contribution in [3.63, 3.8) is 0 Å². The molecule has 3 fully saturated rings. The normalized spacial score (nSPS) is 25.6. The van der Waals surface area contributed by atoms with Crippen molar-refractivity contribution in [3.8, 4) is 0 Å². The predicted molar refractivity (Wildman–Crippen MR) is 435 cm³/mol. The number of hydrogen-bond donors (Lipinski definition) is 10. The largest absolute Gasteiger partial charge is 0.472 e. The molecule has 10 N–H and O–H groups in total. The molecule has 0 aromatic heterocycles. The second-order valence-electron chi connectivity index (χ2n) is 32.1. The van der Waals surface area contributed by atoms with E-state index in [9.17, 15) is 74.6 Å². The van der Waals surface area contributed by atoms with E-state index in [1.165, 1.54) is 161 Å². The predicted octanol–water partition coefficient (Wildman–Crippen LogP) is 15.8. The molecule has 25 nitrogen and oxygen atoms in total. The van der Waals surface area contributed by atoms with Gasteiger partial charge in [0.2, 0.25) is 0 Å². The molecule has 0 amide bonds. The molecule has 1 aliphatic carbocycles. The summed E-state index contributed by atoms with van der Waals surface area (Å²) < 4.78 is 73.2. The van der Waals surface area contributed by atoms with Crippen LogP contribution < -0.4 is 0 Å². The highest BCUT2D eigenvalue weighted by Crippen LogP contribution is 2.49. The first-order valence-corrected chi connectivity index (χ1v) is 46.6. The molecular weight excluding hydrogens is 1480 g/mol. The maximum absolute atomic E-state index is 14.9. The number of allylic oxidation sites excluding steroid dienone is 4. The SMILES string of the molecule is CCCCCCCC/C=C\CCCCCC(=O)OCC(COP(=O)(O)OC1C(OC2OC(CO)C(O)C(O)C2O)C(O)C(O)C(OC(=O)CCCCCCCCCCCCCCCCC)C1OC1OC(COC(=O)CCCCC/C=C\CCCCCCCC)C(O)C(O)C1O)OC(=O)CCCCCCCCCCCCCCC. The van der Waals surface area contributed by atoms with Crippen molar-refractivity contribution in [1.29, 1.82) is 0 Å². The molecule has 0 radical (unpaired) electrons. The maximum Gasteiger partial charge on any atom is 0.472 e. The van der Waals surface area contributed by atoms with Crippen LogP contribution in [0.4, 0.5) is 0 Å². The second-order valence-corrected chi connectivity index (χ2v) is 33.5. The van der Waals surface area contributed by atoms with E-state index in [2.05, 4.69) is 52.0 Å². The molecule has 1 saturated carbocycles. The van der Waals surface area contributed by atoms with Crippen molar-refractivity contribution in [3.05, 3.63) is 24.3 Å². The number of ether oxygens (including phenoxy) is 8. The molecule has 2 aliphatic heterocycles. The van der Waals surface area contributed by atoms with Crippen LogP contribution in [-0.4, -0.2) is 205 Å². The Morgan fingerprint density at radius 3 is 1.06 bits per heavy atom. The van der Waals surface area contributed by atoms with Crippen LogP contribution in [0.1, 0.15) is 374 Å². The van der Waals surface area contributed by atoms with Gasteiger partial charge in [0.25, 0.3) is 0 Å². The number of aliphatic hydroxyl groups excluding tert-OH is 9. The molecule has 18 unspecified atom stereocenters. The molecule has 0 aromatic rings. The topological polar surface area (TPSA) is 380 Å². The Morgan fingerprint density at radius 1 is 0.345 bits per heavy atom. The Bertz CT molecular complexity index is 2460. The lowest BCUT2D eigenvalue weighted by molar-refractivity contribution is -0.360. The van der Waals surface area contributed by atoms with Gasteiger partial charge in [-0.2, -0.15) is 0 Å². The summed E-state index contributed by atoms with van der Waals surface area (Å²) in [4.78, 5) is 66.2. The summed E-state index contributed by atoms with van der Waals surface area (Å²) in [6.07, 6.45) is 24.9. The molecule has 113 heavy (non-hydrogen) atoms. The third-order valence-corrected chi connectivity index (χ3v) is 22.9. The van der Waals surface area contributed by atoms with E-state index in [4.69, 9.17) is 46.9 Å². The number of aliphatic hydroxyl groups is 9. The van der Waals surface area contributed by atoms with Gasteiger partial charge >= 0.3 is 31.7 Å². The van der Waals surface area contributed by atoms with Crippen molar-refractivity contribution >= 4 is 31.7 Å². The van der Waals surface area contributed by atoms with Crippen molar-refractivity contribution in [1.82, 2.24) is 0 Å². The number of phosphoric acid groups is 1. The van der Waals surface area contributed by atoms with Gasteiger partial charge in [0.15, 0.2) is 24.8 Å². The molecule has 2 saturated heterocycles. The van der Waals surface area contributed by atoms with Gasteiger partial charge in [-0.3, -0.25) is 28.2 Å². The smallest absolute Gasteiger partial charge is 0.463 e. The Hall–Kier alpha value is -3.05. The van der Waals surface area contributed by atoms with Crippen LogP contribution in [0, 0.1) is 0 Å². The number of rotatable bonds is 72. The Labute approximate surface area is 679 Å².